The number of allylic oxidation sites excluding steroid dienone is 14. The molecule has 0 bridgehead atoms. The Morgan fingerprint density at radius 1 is 0.486 bits per heavy atom. The van der Waals surface area contributed by atoms with Crippen LogP contribution in [-0.4, -0.2) is 87.5 Å². The lowest BCUT2D eigenvalue weighted by Gasteiger charge is -2.40. The highest BCUT2D eigenvalue weighted by atomic mass is 16.7. The first kappa shape index (κ1) is 67.4. The van der Waals surface area contributed by atoms with Gasteiger partial charge in [-0.3, -0.25) is 4.79 Å². The summed E-state index contributed by atoms with van der Waals surface area (Å²) >= 11 is 0. The molecule has 1 rings (SSSR count). The van der Waals surface area contributed by atoms with Crippen molar-refractivity contribution in [3.05, 3.63) is 85.1 Å². The van der Waals surface area contributed by atoms with E-state index in [2.05, 4.69) is 104 Å². The number of aliphatic hydroxyl groups is 5. The minimum atomic E-state index is -1.55. The van der Waals surface area contributed by atoms with Gasteiger partial charge in [0.15, 0.2) is 6.29 Å². The van der Waals surface area contributed by atoms with Crippen LogP contribution in [0.4, 0.5) is 0 Å². The Morgan fingerprint density at radius 3 is 1.28 bits per heavy atom. The van der Waals surface area contributed by atoms with Gasteiger partial charge < -0.3 is 40.3 Å². The maximum Gasteiger partial charge on any atom is 0.220 e. The molecule has 6 N–H and O–H groups in total. The summed E-state index contributed by atoms with van der Waals surface area (Å²) in [5, 5.41) is 54.3. The number of ether oxygens (including phenoxy) is 2. The van der Waals surface area contributed by atoms with E-state index in [4.69, 9.17) is 9.47 Å². The highest BCUT2D eigenvalue weighted by Gasteiger charge is 2.44. The maximum atomic E-state index is 13.0. The SMILES string of the molecule is CC/C=C\C/C=C\C/C=C\C/C=C\C/C=C\C/C=C\C/C=C\CCCCCCCCCCCCCCCCCCCCCC(=O)NC(COC1OC(CO)C(O)C(O)C1O)C(O)CCCCCCCCCC. The number of rotatable bonds is 50. The number of unbranched alkanes of at least 4 members (excludes halogenated alkanes) is 26. The van der Waals surface area contributed by atoms with Crippen LogP contribution in [0.2, 0.25) is 0 Å². The van der Waals surface area contributed by atoms with Crippen molar-refractivity contribution < 1.29 is 39.8 Å². The average molecular weight is 1010 g/mol. The molecule has 1 amide bonds. The van der Waals surface area contributed by atoms with Crippen molar-refractivity contribution in [2.75, 3.05) is 13.2 Å². The molecule has 1 heterocycles. The van der Waals surface area contributed by atoms with Gasteiger partial charge in [0.25, 0.3) is 0 Å². The summed E-state index contributed by atoms with van der Waals surface area (Å²) in [6, 6.07) is -0.718. The van der Waals surface area contributed by atoms with Crippen molar-refractivity contribution in [3.8, 4) is 0 Å². The van der Waals surface area contributed by atoms with Crippen molar-refractivity contribution in [2.24, 2.45) is 0 Å². The average Bonchev–Trinajstić information content (AvgIpc) is 3.38. The summed E-state index contributed by atoms with van der Waals surface area (Å²) in [4.78, 5) is 13.0. The molecule has 1 saturated heterocycles. The molecule has 1 aliphatic heterocycles. The summed E-state index contributed by atoms with van der Waals surface area (Å²) in [6.45, 7) is 3.68. The van der Waals surface area contributed by atoms with Crippen molar-refractivity contribution in [3.63, 3.8) is 0 Å². The first-order valence-corrected chi connectivity index (χ1v) is 29.8. The Hall–Kier alpha value is -2.63. The fraction of sp³-hybridized carbons (Fsp3) is 0.762. The second-order valence-corrected chi connectivity index (χ2v) is 20.4. The predicted octanol–water partition coefficient (Wildman–Crippen LogP) is 15.0. The van der Waals surface area contributed by atoms with Crippen LogP contribution in [0.15, 0.2) is 85.1 Å². The lowest BCUT2D eigenvalue weighted by atomic mass is 9.99. The molecule has 0 aromatic carbocycles. The first-order valence-electron chi connectivity index (χ1n) is 29.8. The first-order chi connectivity index (χ1) is 35.3. The third-order valence-corrected chi connectivity index (χ3v) is 13.8. The molecular weight excluding hydrogens is 899 g/mol. The second kappa shape index (κ2) is 51.8. The molecule has 7 atom stereocenters. The van der Waals surface area contributed by atoms with Gasteiger partial charge in [-0.25, -0.2) is 0 Å². The number of carbonyl (C=O) groups is 1. The molecule has 0 spiro atoms. The maximum absolute atomic E-state index is 13.0. The zero-order valence-corrected chi connectivity index (χ0v) is 46.2. The van der Waals surface area contributed by atoms with Gasteiger partial charge in [0, 0.05) is 6.42 Å². The molecule has 0 radical (unpaired) electrons. The fourth-order valence-corrected chi connectivity index (χ4v) is 9.08. The Bertz CT molecular complexity index is 1400. The summed E-state index contributed by atoms with van der Waals surface area (Å²) in [5.41, 5.74) is 0. The van der Waals surface area contributed by atoms with Gasteiger partial charge in [-0.1, -0.05) is 259 Å². The van der Waals surface area contributed by atoms with E-state index in [9.17, 15) is 30.3 Å². The molecule has 0 aliphatic carbocycles. The van der Waals surface area contributed by atoms with Crippen LogP contribution in [-0.2, 0) is 14.3 Å². The van der Waals surface area contributed by atoms with Crippen molar-refractivity contribution >= 4 is 5.91 Å². The molecule has 416 valence electrons. The number of hydrogen-bond donors (Lipinski definition) is 6. The molecule has 9 heteroatoms. The van der Waals surface area contributed by atoms with Gasteiger partial charge >= 0.3 is 0 Å². The topological polar surface area (TPSA) is 149 Å². The highest BCUT2D eigenvalue weighted by molar-refractivity contribution is 5.76. The summed E-state index contributed by atoms with van der Waals surface area (Å²) in [5.74, 6) is -0.147. The van der Waals surface area contributed by atoms with Crippen molar-refractivity contribution in [2.45, 2.75) is 294 Å². The molecule has 7 unspecified atom stereocenters. The quantitative estimate of drug-likeness (QED) is 0.0261. The molecule has 72 heavy (non-hydrogen) atoms. The third-order valence-electron chi connectivity index (χ3n) is 13.8. The van der Waals surface area contributed by atoms with E-state index in [1.165, 1.54) is 141 Å². The smallest absolute Gasteiger partial charge is 0.220 e. The number of aliphatic hydroxyl groups excluding tert-OH is 5. The van der Waals surface area contributed by atoms with Crippen molar-refractivity contribution in [1.82, 2.24) is 5.32 Å². The van der Waals surface area contributed by atoms with Gasteiger partial charge in [0.05, 0.1) is 25.4 Å². The van der Waals surface area contributed by atoms with Crippen LogP contribution in [0.25, 0.3) is 0 Å². The zero-order chi connectivity index (χ0) is 52.2. The van der Waals surface area contributed by atoms with Gasteiger partial charge in [-0.15, -0.1) is 0 Å². The van der Waals surface area contributed by atoms with Crippen LogP contribution >= 0.6 is 0 Å². The molecule has 0 saturated carbocycles. The Balaban J connectivity index is 2.00. The number of amides is 1. The van der Waals surface area contributed by atoms with Crippen molar-refractivity contribution in [1.29, 1.82) is 0 Å². The molecule has 9 nitrogen and oxygen atoms in total. The van der Waals surface area contributed by atoms with E-state index in [0.717, 1.165) is 83.5 Å². The summed E-state index contributed by atoms with van der Waals surface area (Å²) < 4.78 is 11.2. The minimum Gasteiger partial charge on any atom is -0.394 e. The van der Waals surface area contributed by atoms with E-state index >= 15 is 0 Å². The molecule has 1 aliphatic rings. The lowest BCUT2D eigenvalue weighted by Crippen LogP contribution is -2.60. The van der Waals surface area contributed by atoms with Crippen LogP contribution in [0.3, 0.4) is 0 Å². The zero-order valence-electron chi connectivity index (χ0n) is 46.2. The van der Waals surface area contributed by atoms with Crippen LogP contribution in [0.5, 0.6) is 0 Å². The van der Waals surface area contributed by atoms with E-state index in [1.54, 1.807) is 0 Å². The third kappa shape index (κ3) is 40.7. The van der Waals surface area contributed by atoms with E-state index in [0.29, 0.717) is 12.8 Å². The van der Waals surface area contributed by atoms with Gasteiger partial charge in [-0.05, 0) is 70.6 Å². The molecule has 0 aromatic rings. The van der Waals surface area contributed by atoms with Crippen LogP contribution in [0.1, 0.15) is 251 Å². The van der Waals surface area contributed by atoms with E-state index < -0.39 is 49.5 Å². The number of nitrogens with one attached hydrogen (secondary N) is 1. The van der Waals surface area contributed by atoms with E-state index in [1.807, 2.05) is 0 Å². The monoisotopic (exact) mass is 1010 g/mol. The number of hydrogen-bond acceptors (Lipinski definition) is 8. The molecule has 0 aromatic heterocycles. The second-order valence-electron chi connectivity index (χ2n) is 20.4. The Labute approximate surface area is 441 Å². The fourth-order valence-electron chi connectivity index (χ4n) is 9.08. The van der Waals surface area contributed by atoms with Crippen LogP contribution < -0.4 is 5.32 Å². The lowest BCUT2D eigenvalue weighted by molar-refractivity contribution is -0.302. The minimum absolute atomic E-state index is 0.139. The van der Waals surface area contributed by atoms with E-state index in [-0.39, 0.29) is 12.5 Å². The largest absolute Gasteiger partial charge is 0.394 e. The van der Waals surface area contributed by atoms with Crippen LogP contribution in [0, 0.1) is 0 Å². The Kier molecular flexibility index (Phi) is 48.5. The van der Waals surface area contributed by atoms with Gasteiger partial charge in [0.1, 0.15) is 24.4 Å². The molecular formula is C63H111NO8. The predicted molar refractivity (Wildman–Crippen MR) is 304 cm³/mol. The number of carbonyl (C=O) groups excluding carboxylic acids is 1. The normalized spacial score (nSPS) is 19.8. The highest BCUT2D eigenvalue weighted by Crippen LogP contribution is 2.23. The standard InChI is InChI=1S/C63H111NO8/c1-3-5-7-9-11-13-14-15-16-17-18-19-20-21-22-23-24-25-26-27-28-29-30-31-32-33-34-35-36-37-38-39-40-41-42-43-44-45-47-49-51-53-59(67)64-56(57(66)52-50-48-46-12-10-8-6-4-2)55-71-63-62(70)61(69)60(68)58(54-65)72-63/h5,7,11,13,15-16,18-19,21-22,24-25,27-28,56-58,60-63,65-66,68-70H,3-4,6,8-10,12,14,17,20,23,26,29-55H2,1-2H3,(H,64,67)/b7-5-,13-11-,16-15-,19-18-,22-21-,25-24-,28-27-. The summed E-state index contributed by atoms with van der Waals surface area (Å²) in [7, 11) is 0. The summed E-state index contributed by atoms with van der Waals surface area (Å²) in [6.07, 6.45) is 66.6. The molecule has 1 fully saturated rings. The van der Waals surface area contributed by atoms with Gasteiger partial charge in [0.2, 0.25) is 5.91 Å². The Morgan fingerprint density at radius 2 is 0.861 bits per heavy atom. The van der Waals surface area contributed by atoms with Gasteiger partial charge in [-0.2, -0.15) is 0 Å².